The van der Waals surface area contributed by atoms with Crippen molar-refractivity contribution in [1.82, 2.24) is 10.2 Å². The molecule has 2 aromatic carbocycles. The third-order valence-electron chi connectivity index (χ3n) is 4.74. The Balaban J connectivity index is 1.60. The molecule has 24 heavy (non-hydrogen) atoms. The van der Waals surface area contributed by atoms with Crippen molar-refractivity contribution in [2.45, 2.75) is 25.5 Å². The van der Waals surface area contributed by atoms with Crippen molar-refractivity contribution in [2.24, 2.45) is 0 Å². The van der Waals surface area contributed by atoms with Gasteiger partial charge in [-0.15, -0.1) is 0 Å². The quantitative estimate of drug-likeness (QED) is 0.780. The number of ether oxygens (including phenoxy) is 1. The van der Waals surface area contributed by atoms with E-state index in [0.29, 0.717) is 6.04 Å². The SMILES string of the molecule is CC(CCOC(c1ccccc1)c1ccccc1)N1CC[N]CC1. The van der Waals surface area contributed by atoms with Crippen LogP contribution in [-0.4, -0.2) is 43.7 Å². The van der Waals surface area contributed by atoms with Crippen LogP contribution in [-0.2, 0) is 4.74 Å². The van der Waals surface area contributed by atoms with Crippen LogP contribution in [0.3, 0.4) is 0 Å². The first-order chi connectivity index (χ1) is 11.8. The van der Waals surface area contributed by atoms with E-state index < -0.39 is 0 Å². The van der Waals surface area contributed by atoms with Crippen LogP contribution in [0.25, 0.3) is 0 Å². The maximum Gasteiger partial charge on any atom is 0.108 e. The van der Waals surface area contributed by atoms with Crippen LogP contribution in [0, 0.1) is 0 Å². The second-order valence-corrected chi connectivity index (χ2v) is 6.42. The van der Waals surface area contributed by atoms with Gasteiger partial charge in [-0.3, -0.25) is 4.90 Å². The lowest BCUT2D eigenvalue weighted by atomic mass is 10.0. The van der Waals surface area contributed by atoms with Crippen molar-refractivity contribution in [3.63, 3.8) is 0 Å². The van der Waals surface area contributed by atoms with E-state index in [9.17, 15) is 0 Å². The van der Waals surface area contributed by atoms with Crippen molar-refractivity contribution < 1.29 is 4.74 Å². The fourth-order valence-corrected chi connectivity index (χ4v) is 3.24. The topological polar surface area (TPSA) is 26.6 Å². The molecule has 0 aliphatic carbocycles. The van der Waals surface area contributed by atoms with Gasteiger partial charge in [-0.25, -0.2) is 5.32 Å². The minimum atomic E-state index is 0.0101. The largest absolute Gasteiger partial charge is 0.369 e. The number of piperazine rings is 1. The summed E-state index contributed by atoms with van der Waals surface area (Å²) in [5.74, 6) is 0. The number of rotatable bonds is 7. The molecule has 127 valence electrons. The predicted molar refractivity (Wildman–Crippen MR) is 98.2 cm³/mol. The molecule has 1 heterocycles. The summed E-state index contributed by atoms with van der Waals surface area (Å²) in [7, 11) is 0. The van der Waals surface area contributed by atoms with Crippen LogP contribution in [0.5, 0.6) is 0 Å². The lowest BCUT2D eigenvalue weighted by molar-refractivity contribution is 0.0577. The van der Waals surface area contributed by atoms with Crippen LogP contribution in [0.2, 0.25) is 0 Å². The Morgan fingerprint density at radius 3 is 2.00 bits per heavy atom. The maximum atomic E-state index is 6.33. The lowest BCUT2D eigenvalue weighted by Gasteiger charge is -2.32. The van der Waals surface area contributed by atoms with E-state index in [4.69, 9.17) is 4.74 Å². The van der Waals surface area contributed by atoms with Crippen LogP contribution >= 0.6 is 0 Å². The molecule has 3 nitrogen and oxygen atoms in total. The molecule has 1 atom stereocenters. The second kappa shape index (κ2) is 8.97. The van der Waals surface area contributed by atoms with Crippen LogP contribution < -0.4 is 5.32 Å². The highest BCUT2D eigenvalue weighted by Crippen LogP contribution is 2.26. The summed E-state index contributed by atoms with van der Waals surface area (Å²) in [6.45, 7) is 7.19. The number of hydrogen-bond acceptors (Lipinski definition) is 2. The summed E-state index contributed by atoms with van der Waals surface area (Å²) in [5, 5.41) is 4.42. The molecule has 0 N–H and O–H groups in total. The monoisotopic (exact) mass is 323 g/mol. The summed E-state index contributed by atoms with van der Waals surface area (Å²) in [6.07, 6.45) is 1.06. The summed E-state index contributed by atoms with van der Waals surface area (Å²) < 4.78 is 6.33. The normalized spacial score (nSPS) is 17.1. The molecule has 3 heteroatoms. The Kier molecular flexibility index (Phi) is 6.41. The highest BCUT2D eigenvalue weighted by atomic mass is 16.5. The van der Waals surface area contributed by atoms with Gasteiger partial charge in [0.2, 0.25) is 0 Å². The maximum absolute atomic E-state index is 6.33. The molecule has 1 aliphatic heterocycles. The summed E-state index contributed by atoms with van der Waals surface area (Å²) in [6, 6.07) is 21.5. The highest BCUT2D eigenvalue weighted by molar-refractivity contribution is 5.29. The van der Waals surface area contributed by atoms with Gasteiger partial charge in [-0.2, -0.15) is 0 Å². The van der Waals surface area contributed by atoms with Crippen LogP contribution in [0.1, 0.15) is 30.6 Å². The fourth-order valence-electron chi connectivity index (χ4n) is 3.24. The van der Waals surface area contributed by atoms with E-state index in [1.807, 2.05) is 0 Å². The van der Waals surface area contributed by atoms with E-state index >= 15 is 0 Å². The molecule has 1 saturated heterocycles. The first-order valence-electron chi connectivity index (χ1n) is 8.93. The first kappa shape index (κ1) is 17.2. The minimum absolute atomic E-state index is 0.0101. The van der Waals surface area contributed by atoms with Crippen molar-refractivity contribution in [1.29, 1.82) is 0 Å². The molecule has 1 radical (unpaired) electrons. The van der Waals surface area contributed by atoms with Gasteiger partial charge in [0.25, 0.3) is 0 Å². The average Bonchev–Trinajstić information content (AvgIpc) is 2.67. The van der Waals surface area contributed by atoms with E-state index in [2.05, 4.69) is 77.8 Å². The highest BCUT2D eigenvalue weighted by Gasteiger charge is 2.18. The Morgan fingerprint density at radius 1 is 0.917 bits per heavy atom. The van der Waals surface area contributed by atoms with Gasteiger partial charge >= 0.3 is 0 Å². The summed E-state index contributed by atoms with van der Waals surface area (Å²) in [5.41, 5.74) is 2.43. The number of hydrogen-bond donors (Lipinski definition) is 0. The minimum Gasteiger partial charge on any atom is -0.369 e. The zero-order valence-electron chi connectivity index (χ0n) is 14.5. The van der Waals surface area contributed by atoms with Gasteiger partial charge in [0, 0.05) is 38.8 Å². The third-order valence-corrected chi connectivity index (χ3v) is 4.74. The Bertz CT molecular complexity index is 542. The predicted octanol–water partition coefficient (Wildman–Crippen LogP) is 3.49. The molecule has 0 saturated carbocycles. The van der Waals surface area contributed by atoms with Crippen LogP contribution in [0.4, 0.5) is 0 Å². The second-order valence-electron chi connectivity index (χ2n) is 6.42. The molecule has 0 bridgehead atoms. The molecule has 1 aliphatic rings. The van der Waals surface area contributed by atoms with E-state index in [-0.39, 0.29) is 6.10 Å². The smallest absolute Gasteiger partial charge is 0.108 e. The van der Waals surface area contributed by atoms with Crippen molar-refractivity contribution >= 4 is 0 Å². The van der Waals surface area contributed by atoms with Gasteiger partial charge in [0.1, 0.15) is 6.10 Å². The number of benzene rings is 2. The zero-order valence-corrected chi connectivity index (χ0v) is 14.5. The van der Waals surface area contributed by atoms with Crippen molar-refractivity contribution in [2.75, 3.05) is 32.8 Å². The Labute approximate surface area is 145 Å². The Morgan fingerprint density at radius 2 is 1.46 bits per heavy atom. The van der Waals surface area contributed by atoms with Gasteiger partial charge in [-0.1, -0.05) is 60.7 Å². The van der Waals surface area contributed by atoms with Crippen LogP contribution in [0.15, 0.2) is 60.7 Å². The molecule has 0 spiro atoms. The molecule has 0 amide bonds. The van der Waals surface area contributed by atoms with Gasteiger partial charge in [0.15, 0.2) is 0 Å². The molecule has 3 rings (SSSR count). The summed E-state index contributed by atoms with van der Waals surface area (Å²) >= 11 is 0. The van der Waals surface area contributed by atoms with Gasteiger partial charge < -0.3 is 4.74 Å². The van der Waals surface area contributed by atoms with E-state index in [1.54, 1.807) is 0 Å². The zero-order chi connectivity index (χ0) is 16.6. The fraction of sp³-hybridized carbons (Fsp3) is 0.429. The number of nitrogens with zero attached hydrogens (tertiary/aromatic N) is 2. The average molecular weight is 323 g/mol. The van der Waals surface area contributed by atoms with Crippen molar-refractivity contribution in [3.05, 3.63) is 71.8 Å². The lowest BCUT2D eigenvalue weighted by Crippen LogP contribution is -2.45. The first-order valence-corrected chi connectivity index (χ1v) is 8.93. The third kappa shape index (κ3) is 4.67. The molecule has 0 aromatic heterocycles. The molecule has 1 fully saturated rings. The molecule has 2 aromatic rings. The Hall–Kier alpha value is -1.68. The standard InChI is InChI=1S/C21H27N2O/c1-18(23-15-13-22-14-16-23)12-17-24-21(19-8-4-2-5-9-19)20-10-6-3-7-11-20/h2-11,18,21H,12-17H2,1H3. The molecular formula is C21H27N2O. The molecular weight excluding hydrogens is 296 g/mol. The van der Waals surface area contributed by atoms with Gasteiger partial charge in [0.05, 0.1) is 0 Å². The van der Waals surface area contributed by atoms with Gasteiger partial charge in [-0.05, 0) is 24.5 Å². The van der Waals surface area contributed by atoms with E-state index in [1.165, 1.54) is 11.1 Å². The molecule has 1 unspecified atom stereocenters. The van der Waals surface area contributed by atoms with Crippen molar-refractivity contribution in [3.8, 4) is 0 Å². The summed E-state index contributed by atoms with van der Waals surface area (Å²) in [4.78, 5) is 2.52. The van der Waals surface area contributed by atoms with E-state index in [0.717, 1.165) is 39.2 Å².